The Bertz CT molecular complexity index is 392. The fourth-order valence-electron chi connectivity index (χ4n) is 1.26. The van der Waals surface area contributed by atoms with Gasteiger partial charge in [-0.05, 0) is 12.1 Å². The van der Waals surface area contributed by atoms with Crippen LogP contribution in [0.2, 0.25) is 0 Å². The molecule has 0 saturated heterocycles. The van der Waals surface area contributed by atoms with Crippen LogP contribution in [0.5, 0.6) is 11.5 Å². The van der Waals surface area contributed by atoms with E-state index >= 15 is 0 Å². The predicted octanol–water partition coefficient (Wildman–Crippen LogP) is 0.696. The van der Waals surface area contributed by atoms with Crippen LogP contribution < -0.4 is 15.2 Å². The van der Waals surface area contributed by atoms with Crippen LogP contribution in [0.1, 0.15) is 10.4 Å². The van der Waals surface area contributed by atoms with Crippen LogP contribution in [-0.2, 0) is 0 Å². The third-order valence-corrected chi connectivity index (χ3v) is 1.96. The van der Waals surface area contributed by atoms with Gasteiger partial charge in [-0.25, -0.2) is 4.39 Å². The molecule has 2 N–H and O–H groups in total. The summed E-state index contributed by atoms with van der Waals surface area (Å²) in [5.41, 5.74) is 5.07. The maximum Gasteiger partial charge on any atom is 0.231 e. The monoisotopic (exact) mass is 197 g/mol. The maximum absolute atomic E-state index is 13.5. The molecule has 0 atom stereocenters. The summed E-state index contributed by atoms with van der Waals surface area (Å²) < 4.78 is 23.3. The summed E-state index contributed by atoms with van der Waals surface area (Å²) >= 11 is 0. The second kappa shape index (κ2) is 3.26. The standard InChI is InChI=1S/C9H8FNO3/c10-8-5(6(12)3-11)1-2-7-9(8)14-4-13-7/h1-2H,3-4,11H2. The molecule has 1 aliphatic rings. The van der Waals surface area contributed by atoms with Crippen molar-refractivity contribution in [1.29, 1.82) is 0 Å². The fraction of sp³-hybridized carbons (Fsp3) is 0.222. The van der Waals surface area contributed by atoms with Gasteiger partial charge < -0.3 is 15.2 Å². The first-order valence-electron chi connectivity index (χ1n) is 4.05. The van der Waals surface area contributed by atoms with Crippen molar-refractivity contribution >= 4 is 5.78 Å². The van der Waals surface area contributed by atoms with Crippen molar-refractivity contribution in [3.05, 3.63) is 23.5 Å². The van der Waals surface area contributed by atoms with E-state index in [1.54, 1.807) is 0 Å². The largest absolute Gasteiger partial charge is 0.453 e. The fourth-order valence-corrected chi connectivity index (χ4v) is 1.26. The van der Waals surface area contributed by atoms with Crippen molar-refractivity contribution in [1.82, 2.24) is 0 Å². The smallest absolute Gasteiger partial charge is 0.231 e. The Morgan fingerprint density at radius 1 is 1.50 bits per heavy atom. The Hall–Kier alpha value is -1.62. The molecule has 1 aliphatic heterocycles. The summed E-state index contributed by atoms with van der Waals surface area (Å²) in [6.45, 7) is -0.247. The first kappa shape index (κ1) is 8.96. The van der Waals surface area contributed by atoms with Crippen molar-refractivity contribution in [3.63, 3.8) is 0 Å². The minimum Gasteiger partial charge on any atom is -0.453 e. The molecule has 0 fully saturated rings. The number of fused-ring (bicyclic) bond motifs is 1. The van der Waals surface area contributed by atoms with Gasteiger partial charge in [-0.1, -0.05) is 0 Å². The predicted molar refractivity (Wildman–Crippen MR) is 45.9 cm³/mol. The Morgan fingerprint density at radius 3 is 3.00 bits per heavy atom. The van der Waals surface area contributed by atoms with Crippen LogP contribution >= 0.6 is 0 Å². The number of hydrogen-bond donors (Lipinski definition) is 1. The molecule has 0 radical (unpaired) electrons. The molecular weight excluding hydrogens is 189 g/mol. The van der Waals surface area contributed by atoms with Crippen LogP contribution in [0.15, 0.2) is 12.1 Å². The molecule has 14 heavy (non-hydrogen) atoms. The van der Waals surface area contributed by atoms with E-state index in [9.17, 15) is 9.18 Å². The number of ether oxygens (including phenoxy) is 2. The summed E-state index contributed by atoms with van der Waals surface area (Å²) in [7, 11) is 0. The van der Waals surface area contributed by atoms with Gasteiger partial charge in [-0.15, -0.1) is 0 Å². The number of benzene rings is 1. The first-order valence-corrected chi connectivity index (χ1v) is 4.05. The topological polar surface area (TPSA) is 61.6 Å². The Labute approximate surface area is 79.4 Å². The van der Waals surface area contributed by atoms with E-state index in [1.807, 2.05) is 0 Å². The van der Waals surface area contributed by atoms with Crippen LogP contribution in [0, 0.1) is 5.82 Å². The van der Waals surface area contributed by atoms with Gasteiger partial charge in [0.25, 0.3) is 0 Å². The number of nitrogens with two attached hydrogens (primary N) is 1. The van der Waals surface area contributed by atoms with Crippen molar-refractivity contribution in [2.75, 3.05) is 13.3 Å². The zero-order valence-corrected chi connectivity index (χ0v) is 7.25. The van der Waals surface area contributed by atoms with Gasteiger partial charge in [0.05, 0.1) is 12.1 Å². The molecule has 74 valence electrons. The zero-order valence-electron chi connectivity index (χ0n) is 7.25. The molecule has 1 aromatic rings. The summed E-state index contributed by atoms with van der Waals surface area (Å²) in [5, 5.41) is 0. The lowest BCUT2D eigenvalue weighted by Crippen LogP contribution is -2.15. The summed E-state index contributed by atoms with van der Waals surface area (Å²) in [5.74, 6) is -0.850. The third-order valence-electron chi connectivity index (χ3n) is 1.96. The van der Waals surface area contributed by atoms with Crippen LogP contribution in [0.4, 0.5) is 4.39 Å². The van der Waals surface area contributed by atoms with E-state index in [-0.39, 0.29) is 24.7 Å². The second-order valence-electron chi connectivity index (χ2n) is 2.79. The molecule has 0 spiro atoms. The molecule has 2 rings (SSSR count). The lowest BCUT2D eigenvalue weighted by molar-refractivity contribution is 0.0996. The quantitative estimate of drug-likeness (QED) is 0.709. The van der Waals surface area contributed by atoms with Crippen molar-refractivity contribution in [2.24, 2.45) is 5.73 Å². The average molecular weight is 197 g/mol. The Kier molecular flexibility index (Phi) is 2.09. The number of rotatable bonds is 2. The molecule has 4 nitrogen and oxygen atoms in total. The molecule has 0 unspecified atom stereocenters. The molecular formula is C9H8FNO3. The minimum absolute atomic E-state index is 0.00991. The van der Waals surface area contributed by atoms with Gasteiger partial charge >= 0.3 is 0 Å². The third kappa shape index (κ3) is 1.22. The molecule has 5 heteroatoms. The zero-order chi connectivity index (χ0) is 10.1. The number of carbonyl (C=O) groups excluding carboxylic acids is 1. The molecule has 0 aromatic heterocycles. The van der Waals surface area contributed by atoms with Gasteiger partial charge in [-0.2, -0.15) is 0 Å². The molecule has 0 aliphatic carbocycles. The lowest BCUT2D eigenvalue weighted by Gasteiger charge is -2.02. The van der Waals surface area contributed by atoms with Gasteiger partial charge in [0.15, 0.2) is 17.3 Å². The van der Waals surface area contributed by atoms with E-state index in [1.165, 1.54) is 12.1 Å². The van der Waals surface area contributed by atoms with Gasteiger partial charge in [0.2, 0.25) is 12.5 Å². The highest BCUT2D eigenvalue weighted by Gasteiger charge is 2.23. The van der Waals surface area contributed by atoms with Crippen molar-refractivity contribution in [3.8, 4) is 11.5 Å². The normalized spacial score (nSPS) is 13.0. The second-order valence-corrected chi connectivity index (χ2v) is 2.79. The molecule has 1 heterocycles. The lowest BCUT2D eigenvalue weighted by atomic mass is 10.1. The van der Waals surface area contributed by atoms with Crippen LogP contribution in [-0.4, -0.2) is 19.1 Å². The number of halogens is 1. The molecule has 0 bridgehead atoms. The Balaban J connectivity index is 2.50. The first-order chi connectivity index (χ1) is 6.74. The Morgan fingerprint density at radius 2 is 2.29 bits per heavy atom. The van der Waals surface area contributed by atoms with Gasteiger partial charge in [0.1, 0.15) is 0 Å². The van der Waals surface area contributed by atoms with Crippen LogP contribution in [0.3, 0.4) is 0 Å². The van der Waals surface area contributed by atoms with E-state index in [0.717, 1.165) is 0 Å². The number of hydrogen-bond acceptors (Lipinski definition) is 4. The summed E-state index contributed by atoms with van der Waals surface area (Å²) in [6.07, 6.45) is 0. The van der Waals surface area contributed by atoms with E-state index in [2.05, 4.69) is 0 Å². The van der Waals surface area contributed by atoms with E-state index in [0.29, 0.717) is 5.75 Å². The van der Waals surface area contributed by atoms with Crippen molar-refractivity contribution < 1.29 is 18.7 Å². The number of ketones is 1. The van der Waals surface area contributed by atoms with Gasteiger partial charge in [-0.3, -0.25) is 4.79 Å². The maximum atomic E-state index is 13.5. The van der Waals surface area contributed by atoms with E-state index in [4.69, 9.17) is 15.2 Å². The van der Waals surface area contributed by atoms with Gasteiger partial charge in [0, 0.05) is 0 Å². The molecule has 0 saturated carbocycles. The highest BCUT2D eigenvalue weighted by molar-refractivity contribution is 5.98. The number of Topliss-reactive ketones (excluding diaryl/α,β-unsaturated/α-hetero) is 1. The van der Waals surface area contributed by atoms with E-state index < -0.39 is 11.6 Å². The molecule has 1 aromatic carbocycles. The average Bonchev–Trinajstić information content (AvgIpc) is 2.66. The highest BCUT2D eigenvalue weighted by atomic mass is 19.1. The van der Waals surface area contributed by atoms with Crippen LogP contribution in [0.25, 0.3) is 0 Å². The minimum atomic E-state index is -0.699. The highest BCUT2D eigenvalue weighted by Crippen LogP contribution is 2.36. The molecule has 0 amide bonds. The number of carbonyl (C=O) groups is 1. The van der Waals surface area contributed by atoms with Crippen molar-refractivity contribution in [2.45, 2.75) is 0 Å². The SMILES string of the molecule is NCC(=O)c1ccc2c(c1F)OCO2. The summed E-state index contributed by atoms with van der Waals surface area (Å²) in [6, 6.07) is 2.84. The summed E-state index contributed by atoms with van der Waals surface area (Å²) in [4.78, 5) is 11.2.